The van der Waals surface area contributed by atoms with Gasteiger partial charge in [-0.1, -0.05) is 18.2 Å². The Labute approximate surface area is 190 Å². The molecule has 6 rings (SSSR count). The number of furan rings is 1. The number of aryl methyl sites for hydroxylation is 2. The normalized spacial score (nSPS) is 15.7. The summed E-state index contributed by atoms with van der Waals surface area (Å²) in [5, 5.41) is 8.22. The number of para-hydroxylation sites is 2. The number of ketones is 1. The standard InChI is InChI=1S/C26H23N5O2/c1-15-9-10-18(12-16(15)2)27-25-24-21(13-17(14-22(24)32)23-8-5-11-33-23)31(30-25)26-28-19-6-3-4-7-20(19)29-26/h3-12,17H,13-14H2,1-2H3,(H,27,30)(H,28,29). The second kappa shape index (κ2) is 7.48. The number of nitrogens with zero attached hydrogens (tertiary/aromatic N) is 3. The number of H-pyrrole nitrogens is 1. The number of imidazole rings is 1. The van der Waals surface area contributed by atoms with Crippen LogP contribution in [0.5, 0.6) is 0 Å². The molecule has 1 aliphatic rings. The summed E-state index contributed by atoms with van der Waals surface area (Å²) >= 11 is 0. The van der Waals surface area contributed by atoms with Gasteiger partial charge < -0.3 is 14.7 Å². The number of Topliss-reactive ketones (excluding diaryl/α,β-unsaturated/α-hetero) is 1. The Kier molecular flexibility index (Phi) is 4.43. The topological polar surface area (TPSA) is 88.7 Å². The predicted octanol–water partition coefficient (Wildman–Crippen LogP) is 5.61. The van der Waals surface area contributed by atoms with E-state index in [1.54, 1.807) is 10.9 Å². The molecule has 0 aliphatic heterocycles. The van der Waals surface area contributed by atoms with Crippen molar-refractivity contribution in [2.45, 2.75) is 32.6 Å². The van der Waals surface area contributed by atoms with E-state index in [0.29, 0.717) is 30.2 Å². The van der Waals surface area contributed by atoms with Gasteiger partial charge in [-0.05, 0) is 61.4 Å². The van der Waals surface area contributed by atoms with Gasteiger partial charge in [0.25, 0.3) is 0 Å². The first kappa shape index (κ1) is 19.5. The van der Waals surface area contributed by atoms with E-state index in [1.165, 1.54) is 11.1 Å². The molecule has 7 nitrogen and oxygen atoms in total. The molecule has 0 saturated heterocycles. The van der Waals surface area contributed by atoms with Gasteiger partial charge in [0.2, 0.25) is 5.95 Å². The van der Waals surface area contributed by atoms with E-state index in [1.807, 2.05) is 42.5 Å². The van der Waals surface area contributed by atoms with Crippen molar-refractivity contribution in [3.63, 3.8) is 0 Å². The minimum atomic E-state index is -0.0331. The molecule has 0 amide bonds. The summed E-state index contributed by atoms with van der Waals surface area (Å²) in [7, 11) is 0. The Hall–Kier alpha value is -4.13. The van der Waals surface area contributed by atoms with Gasteiger partial charge in [-0.25, -0.2) is 9.67 Å². The van der Waals surface area contributed by atoms with Gasteiger partial charge in [0.1, 0.15) is 5.76 Å². The van der Waals surface area contributed by atoms with Crippen LogP contribution in [0.25, 0.3) is 17.0 Å². The van der Waals surface area contributed by atoms with Gasteiger partial charge in [-0.15, -0.1) is 5.10 Å². The van der Waals surface area contributed by atoms with Crippen molar-refractivity contribution >= 4 is 28.3 Å². The second-order valence-electron chi connectivity index (χ2n) is 8.63. The lowest BCUT2D eigenvalue weighted by Crippen LogP contribution is -2.20. The van der Waals surface area contributed by atoms with Gasteiger partial charge >= 0.3 is 0 Å². The highest BCUT2D eigenvalue weighted by Gasteiger charge is 2.35. The lowest BCUT2D eigenvalue weighted by Gasteiger charge is -2.20. The summed E-state index contributed by atoms with van der Waals surface area (Å²) in [6, 6.07) is 17.8. The van der Waals surface area contributed by atoms with Crippen molar-refractivity contribution in [2.24, 2.45) is 0 Å². The van der Waals surface area contributed by atoms with E-state index < -0.39 is 0 Å². The third kappa shape index (κ3) is 3.33. The Bertz CT molecular complexity index is 1460. The van der Waals surface area contributed by atoms with Crippen LogP contribution in [0, 0.1) is 13.8 Å². The Morgan fingerprint density at radius 1 is 1.06 bits per heavy atom. The molecule has 164 valence electrons. The number of carbonyl (C=O) groups excluding carboxylic acids is 1. The maximum atomic E-state index is 13.4. The van der Waals surface area contributed by atoms with Crippen LogP contribution in [0.1, 0.15) is 45.3 Å². The maximum Gasteiger partial charge on any atom is 0.229 e. The number of aromatic nitrogens is 4. The molecule has 33 heavy (non-hydrogen) atoms. The molecular formula is C26H23N5O2. The molecule has 0 radical (unpaired) electrons. The number of nitrogens with one attached hydrogen (secondary N) is 2. The Morgan fingerprint density at radius 2 is 1.94 bits per heavy atom. The fourth-order valence-corrected chi connectivity index (χ4v) is 4.55. The largest absolute Gasteiger partial charge is 0.469 e. The zero-order valence-electron chi connectivity index (χ0n) is 18.4. The van der Waals surface area contributed by atoms with E-state index >= 15 is 0 Å². The first-order valence-corrected chi connectivity index (χ1v) is 11.0. The third-order valence-corrected chi connectivity index (χ3v) is 6.42. The third-order valence-electron chi connectivity index (χ3n) is 6.42. The zero-order valence-corrected chi connectivity index (χ0v) is 18.4. The molecule has 1 aliphatic carbocycles. The van der Waals surface area contributed by atoms with E-state index in [9.17, 15) is 4.79 Å². The molecule has 1 unspecified atom stereocenters. The number of benzene rings is 2. The number of hydrogen-bond donors (Lipinski definition) is 2. The molecule has 0 bridgehead atoms. The molecule has 0 spiro atoms. The molecule has 3 aromatic heterocycles. The first-order valence-electron chi connectivity index (χ1n) is 11.0. The van der Waals surface area contributed by atoms with Crippen molar-refractivity contribution in [2.75, 3.05) is 5.32 Å². The molecule has 2 aromatic carbocycles. The molecule has 3 heterocycles. The van der Waals surface area contributed by atoms with Crippen molar-refractivity contribution in [3.05, 3.63) is 89.0 Å². The van der Waals surface area contributed by atoms with Crippen LogP contribution in [-0.2, 0) is 6.42 Å². The molecule has 5 aromatic rings. The SMILES string of the molecule is Cc1ccc(Nc2nn(-c3nc4ccccc4[nH]3)c3c2C(=O)CC(c2ccco2)C3)cc1C. The molecular weight excluding hydrogens is 414 g/mol. The highest BCUT2D eigenvalue weighted by molar-refractivity contribution is 6.03. The van der Waals surface area contributed by atoms with Crippen molar-refractivity contribution < 1.29 is 9.21 Å². The molecule has 0 fully saturated rings. The van der Waals surface area contributed by atoms with Gasteiger partial charge in [-0.3, -0.25) is 4.79 Å². The van der Waals surface area contributed by atoms with Crippen LogP contribution in [-0.4, -0.2) is 25.5 Å². The summed E-state index contributed by atoms with van der Waals surface area (Å²) < 4.78 is 7.41. The van der Waals surface area contributed by atoms with Crippen molar-refractivity contribution in [1.29, 1.82) is 0 Å². The number of hydrogen-bond acceptors (Lipinski definition) is 5. The van der Waals surface area contributed by atoms with Crippen LogP contribution in [0.15, 0.2) is 65.3 Å². The smallest absolute Gasteiger partial charge is 0.229 e. The van der Waals surface area contributed by atoms with Crippen LogP contribution in [0.3, 0.4) is 0 Å². The number of fused-ring (bicyclic) bond motifs is 2. The highest BCUT2D eigenvalue weighted by Crippen LogP contribution is 2.38. The quantitative estimate of drug-likeness (QED) is 0.381. The van der Waals surface area contributed by atoms with E-state index in [4.69, 9.17) is 14.5 Å². The van der Waals surface area contributed by atoms with Gasteiger partial charge in [0.05, 0.1) is 28.6 Å². The summed E-state index contributed by atoms with van der Waals surface area (Å²) in [4.78, 5) is 21.5. The minimum Gasteiger partial charge on any atom is -0.469 e. The van der Waals surface area contributed by atoms with E-state index in [-0.39, 0.29) is 11.7 Å². The zero-order chi connectivity index (χ0) is 22.5. The predicted molar refractivity (Wildman–Crippen MR) is 127 cm³/mol. The number of carbonyl (C=O) groups is 1. The summed E-state index contributed by atoms with van der Waals surface area (Å²) in [6.07, 6.45) is 2.67. The summed E-state index contributed by atoms with van der Waals surface area (Å²) in [5.74, 6) is 1.97. The summed E-state index contributed by atoms with van der Waals surface area (Å²) in [6.45, 7) is 4.15. The van der Waals surface area contributed by atoms with Crippen molar-refractivity contribution in [1.82, 2.24) is 19.7 Å². The monoisotopic (exact) mass is 437 g/mol. The molecule has 2 N–H and O–H groups in total. The highest BCUT2D eigenvalue weighted by atomic mass is 16.3. The van der Waals surface area contributed by atoms with Crippen LogP contribution in [0.4, 0.5) is 11.5 Å². The molecule has 7 heteroatoms. The average molecular weight is 438 g/mol. The first-order chi connectivity index (χ1) is 16.1. The fraction of sp³-hybridized carbons (Fsp3) is 0.192. The van der Waals surface area contributed by atoms with Crippen LogP contribution >= 0.6 is 0 Å². The Morgan fingerprint density at radius 3 is 2.73 bits per heavy atom. The average Bonchev–Trinajstić information content (AvgIpc) is 3.54. The lowest BCUT2D eigenvalue weighted by molar-refractivity contribution is 0.0960. The van der Waals surface area contributed by atoms with Crippen LogP contribution in [0.2, 0.25) is 0 Å². The molecule has 0 saturated carbocycles. The van der Waals surface area contributed by atoms with Gasteiger partial charge in [0, 0.05) is 24.4 Å². The van der Waals surface area contributed by atoms with Gasteiger partial charge in [-0.2, -0.15) is 0 Å². The fourth-order valence-electron chi connectivity index (χ4n) is 4.55. The van der Waals surface area contributed by atoms with Crippen LogP contribution < -0.4 is 5.32 Å². The summed E-state index contributed by atoms with van der Waals surface area (Å²) in [5.41, 5.74) is 6.52. The lowest BCUT2D eigenvalue weighted by atomic mass is 9.85. The second-order valence-corrected chi connectivity index (χ2v) is 8.63. The van der Waals surface area contributed by atoms with E-state index in [0.717, 1.165) is 28.2 Å². The maximum absolute atomic E-state index is 13.4. The minimum absolute atomic E-state index is 0.0331. The van der Waals surface area contributed by atoms with E-state index in [2.05, 4.69) is 36.3 Å². The van der Waals surface area contributed by atoms with Gasteiger partial charge in [0.15, 0.2) is 11.6 Å². The number of anilines is 2. The molecule has 1 atom stereocenters. The number of aromatic amines is 1. The van der Waals surface area contributed by atoms with Crippen molar-refractivity contribution in [3.8, 4) is 5.95 Å². The number of rotatable bonds is 4. The Balaban J connectivity index is 1.49.